The molecule has 1 aromatic heterocycles. The van der Waals surface area contributed by atoms with Crippen LogP contribution in [0.3, 0.4) is 0 Å². The first-order valence-electron chi connectivity index (χ1n) is 7.11. The summed E-state index contributed by atoms with van der Waals surface area (Å²) < 4.78 is 4.83. The van der Waals surface area contributed by atoms with E-state index in [4.69, 9.17) is 9.63 Å². The number of carboxylic acids is 1. The maximum Gasteiger partial charge on any atom is 0.305 e. The number of aliphatic carboxylic acids is 1. The maximum absolute atomic E-state index is 12.1. The van der Waals surface area contributed by atoms with Crippen molar-refractivity contribution in [1.82, 2.24) is 10.1 Å². The van der Waals surface area contributed by atoms with Crippen LogP contribution >= 0.6 is 11.8 Å². The van der Waals surface area contributed by atoms with Crippen molar-refractivity contribution in [3.8, 4) is 0 Å². The van der Waals surface area contributed by atoms with E-state index in [1.54, 1.807) is 13.0 Å². The number of hydrogen-bond donors (Lipinski definition) is 2. The van der Waals surface area contributed by atoms with Gasteiger partial charge in [-0.25, -0.2) is 0 Å². The number of carbonyl (C=O) groups is 3. The zero-order valence-corrected chi connectivity index (χ0v) is 14.2. The number of nitrogens with zero attached hydrogens (tertiary/aromatic N) is 2. The number of anilines is 1. The number of rotatable bonds is 9. The van der Waals surface area contributed by atoms with Crippen LogP contribution in [-0.4, -0.2) is 57.0 Å². The summed E-state index contributed by atoms with van der Waals surface area (Å²) in [6, 6.07) is 1.51. The third-order valence-electron chi connectivity index (χ3n) is 2.86. The molecule has 0 aliphatic carbocycles. The Bertz CT molecular complexity index is 558. The summed E-state index contributed by atoms with van der Waals surface area (Å²) in [7, 11) is 0. The lowest BCUT2D eigenvalue weighted by atomic mass is 10.3. The third-order valence-corrected chi connectivity index (χ3v) is 3.78. The van der Waals surface area contributed by atoms with E-state index in [2.05, 4.69) is 10.5 Å². The van der Waals surface area contributed by atoms with Gasteiger partial charge in [-0.2, -0.15) is 0 Å². The molecule has 0 atom stereocenters. The predicted molar refractivity (Wildman–Crippen MR) is 86.3 cm³/mol. The molecule has 0 saturated heterocycles. The molecule has 0 fully saturated rings. The van der Waals surface area contributed by atoms with E-state index in [9.17, 15) is 14.4 Å². The van der Waals surface area contributed by atoms with Gasteiger partial charge >= 0.3 is 5.97 Å². The number of carbonyl (C=O) groups excluding carboxylic acids is 2. The van der Waals surface area contributed by atoms with Crippen molar-refractivity contribution in [1.29, 1.82) is 0 Å². The highest BCUT2D eigenvalue weighted by Gasteiger charge is 2.18. The van der Waals surface area contributed by atoms with Gasteiger partial charge in [0.2, 0.25) is 11.8 Å². The van der Waals surface area contributed by atoms with Crippen molar-refractivity contribution in [3.63, 3.8) is 0 Å². The molecule has 0 aromatic carbocycles. The Labute approximate surface area is 138 Å². The van der Waals surface area contributed by atoms with Crippen LogP contribution in [0.2, 0.25) is 0 Å². The second-order valence-corrected chi connectivity index (χ2v) is 6.17. The van der Waals surface area contributed by atoms with E-state index < -0.39 is 5.97 Å². The lowest BCUT2D eigenvalue weighted by molar-refractivity contribution is -0.138. The molecule has 1 heterocycles. The summed E-state index contributed by atoms with van der Waals surface area (Å²) in [4.78, 5) is 35.9. The van der Waals surface area contributed by atoms with Gasteiger partial charge in [-0.05, 0) is 20.8 Å². The Morgan fingerprint density at radius 2 is 2.09 bits per heavy atom. The topological polar surface area (TPSA) is 113 Å². The van der Waals surface area contributed by atoms with Crippen LogP contribution in [0, 0.1) is 6.92 Å². The Kier molecular flexibility index (Phi) is 7.60. The lowest BCUT2D eigenvalue weighted by Gasteiger charge is -2.26. The van der Waals surface area contributed by atoms with Crippen LogP contribution in [0.4, 0.5) is 5.82 Å². The van der Waals surface area contributed by atoms with Gasteiger partial charge in [0, 0.05) is 18.7 Å². The first-order chi connectivity index (χ1) is 10.8. The zero-order chi connectivity index (χ0) is 17.4. The van der Waals surface area contributed by atoms with Crippen LogP contribution in [0.25, 0.3) is 0 Å². The van der Waals surface area contributed by atoms with Gasteiger partial charge in [-0.3, -0.25) is 14.4 Å². The molecule has 0 bridgehead atoms. The number of aryl methyl sites for hydroxylation is 1. The van der Waals surface area contributed by atoms with Gasteiger partial charge in [0.1, 0.15) is 5.76 Å². The SMILES string of the molecule is Cc1cc(NC(=O)CSCC(=O)N(CCC(=O)O)C(C)C)no1. The molecule has 0 spiro atoms. The second kappa shape index (κ2) is 9.19. The summed E-state index contributed by atoms with van der Waals surface area (Å²) in [5.74, 6) is -0.266. The molecule has 0 aliphatic heterocycles. The molecular weight excluding hydrogens is 322 g/mol. The summed E-state index contributed by atoms with van der Waals surface area (Å²) in [5, 5.41) is 14.9. The summed E-state index contributed by atoms with van der Waals surface area (Å²) in [6.07, 6.45) is -0.0966. The third kappa shape index (κ3) is 7.18. The van der Waals surface area contributed by atoms with E-state index in [0.717, 1.165) is 0 Å². The number of carboxylic acid groups (broad SMARTS) is 1. The predicted octanol–water partition coefficient (Wildman–Crippen LogP) is 1.37. The van der Waals surface area contributed by atoms with E-state index in [-0.39, 0.29) is 42.3 Å². The fraction of sp³-hybridized carbons (Fsp3) is 0.571. The molecule has 0 unspecified atom stereocenters. The Morgan fingerprint density at radius 3 is 2.61 bits per heavy atom. The smallest absolute Gasteiger partial charge is 0.305 e. The molecule has 128 valence electrons. The Hall–Kier alpha value is -2.03. The quantitative estimate of drug-likeness (QED) is 0.696. The van der Waals surface area contributed by atoms with Crippen molar-refractivity contribution < 1.29 is 24.0 Å². The van der Waals surface area contributed by atoms with Gasteiger partial charge in [-0.15, -0.1) is 11.8 Å². The molecule has 0 saturated carbocycles. The monoisotopic (exact) mass is 343 g/mol. The normalized spacial score (nSPS) is 10.6. The van der Waals surface area contributed by atoms with Gasteiger partial charge in [0.25, 0.3) is 0 Å². The van der Waals surface area contributed by atoms with Crippen molar-refractivity contribution in [2.75, 3.05) is 23.4 Å². The van der Waals surface area contributed by atoms with Crippen molar-refractivity contribution in [2.45, 2.75) is 33.2 Å². The molecule has 9 heteroatoms. The van der Waals surface area contributed by atoms with Crippen LogP contribution in [0.1, 0.15) is 26.0 Å². The minimum atomic E-state index is -0.946. The number of nitrogens with one attached hydrogen (secondary N) is 1. The van der Waals surface area contributed by atoms with E-state index in [0.29, 0.717) is 11.6 Å². The lowest BCUT2D eigenvalue weighted by Crippen LogP contribution is -2.39. The second-order valence-electron chi connectivity index (χ2n) is 5.19. The Balaban J connectivity index is 2.35. The largest absolute Gasteiger partial charge is 0.481 e. The molecule has 1 aromatic rings. The number of hydrogen-bond acceptors (Lipinski definition) is 6. The highest BCUT2D eigenvalue weighted by Crippen LogP contribution is 2.10. The van der Waals surface area contributed by atoms with Crippen LogP contribution in [0.15, 0.2) is 10.6 Å². The van der Waals surface area contributed by atoms with Crippen LogP contribution in [0.5, 0.6) is 0 Å². The molecule has 0 aliphatic rings. The van der Waals surface area contributed by atoms with Crippen molar-refractivity contribution >= 4 is 35.4 Å². The number of amides is 2. The molecule has 23 heavy (non-hydrogen) atoms. The van der Waals surface area contributed by atoms with Gasteiger partial charge in [0.05, 0.1) is 17.9 Å². The fourth-order valence-corrected chi connectivity index (χ4v) is 2.51. The number of thioether (sulfide) groups is 1. The first kappa shape index (κ1) is 19.0. The molecular formula is C14H21N3O5S. The average molecular weight is 343 g/mol. The highest BCUT2D eigenvalue weighted by molar-refractivity contribution is 8.00. The number of aromatic nitrogens is 1. The van der Waals surface area contributed by atoms with Crippen molar-refractivity contribution in [3.05, 3.63) is 11.8 Å². The highest BCUT2D eigenvalue weighted by atomic mass is 32.2. The average Bonchev–Trinajstić information content (AvgIpc) is 2.83. The molecule has 2 amide bonds. The zero-order valence-electron chi connectivity index (χ0n) is 13.4. The Morgan fingerprint density at radius 1 is 1.39 bits per heavy atom. The molecule has 0 radical (unpaired) electrons. The maximum atomic E-state index is 12.1. The minimum Gasteiger partial charge on any atom is -0.481 e. The first-order valence-corrected chi connectivity index (χ1v) is 8.27. The molecule has 8 nitrogen and oxygen atoms in total. The standard InChI is InChI=1S/C14H21N3O5S/c1-9(2)17(5-4-14(20)21)13(19)8-23-7-12(18)15-11-6-10(3)22-16-11/h6,9H,4-5,7-8H2,1-3H3,(H,20,21)(H,15,16,18). The van der Waals surface area contributed by atoms with E-state index in [1.807, 2.05) is 13.8 Å². The molecule has 1 rings (SSSR count). The summed E-state index contributed by atoms with van der Waals surface area (Å²) in [5.41, 5.74) is 0. The van der Waals surface area contributed by atoms with E-state index in [1.165, 1.54) is 16.7 Å². The van der Waals surface area contributed by atoms with Gasteiger partial charge in [0.15, 0.2) is 5.82 Å². The minimum absolute atomic E-state index is 0.0885. The van der Waals surface area contributed by atoms with Crippen LogP contribution < -0.4 is 5.32 Å². The van der Waals surface area contributed by atoms with E-state index >= 15 is 0 Å². The summed E-state index contributed by atoms with van der Waals surface area (Å²) >= 11 is 1.17. The van der Waals surface area contributed by atoms with Crippen molar-refractivity contribution in [2.24, 2.45) is 0 Å². The van der Waals surface area contributed by atoms with Gasteiger partial charge in [-0.1, -0.05) is 5.16 Å². The van der Waals surface area contributed by atoms with Crippen LogP contribution in [-0.2, 0) is 14.4 Å². The molecule has 2 N–H and O–H groups in total. The van der Waals surface area contributed by atoms with Gasteiger partial charge < -0.3 is 19.8 Å². The summed E-state index contributed by atoms with van der Waals surface area (Å²) in [6.45, 7) is 5.53. The fourth-order valence-electron chi connectivity index (χ4n) is 1.81.